The highest BCUT2D eigenvalue weighted by molar-refractivity contribution is 5.94. The number of nitrogens with one attached hydrogen (secondary N) is 1. The fourth-order valence-corrected chi connectivity index (χ4v) is 2.40. The first-order valence-electron chi connectivity index (χ1n) is 8.42. The summed E-state index contributed by atoms with van der Waals surface area (Å²) in [4.78, 5) is 12.2. The first-order chi connectivity index (χ1) is 12.6. The molecule has 1 N–H and O–H groups in total. The zero-order valence-electron chi connectivity index (χ0n) is 14.5. The van der Waals surface area contributed by atoms with E-state index in [1.807, 2.05) is 36.0 Å². The van der Waals surface area contributed by atoms with E-state index >= 15 is 0 Å². The maximum Gasteiger partial charge on any atom is 0.251 e. The van der Waals surface area contributed by atoms with Crippen molar-refractivity contribution in [1.29, 1.82) is 0 Å². The van der Waals surface area contributed by atoms with Crippen LogP contribution in [0.4, 0.5) is 4.39 Å². The first-order valence-corrected chi connectivity index (χ1v) is 8.42. The summed E-state index contributed by atoms with van der Waals surface area (Å²) >= 11 is 0. The molecule has 0 aliphatic heterocycles. The van der Waals surface area contributed by atoms with Gasteiger partial charge in [-0.25, -0.2) is 4.39 Å². The van der Waals surface area contributed by atoms with Crippen molar-refractivity contribution in [2.75, 3.05) is 0 Å². The van der Waals surface area contributed by atoms with Gasteiger partial charge in [0.2, 0.25) is 0 Å². The van der Waals surface area contributed by atoms with Crippen LogP contribution in [-0.4, -0.2) is 15.7 Å². The van der Waals surface area contributed by atoms with Gasteiger partial charge in [0.25, 0.3) is 5.91 Å². The first kappa shape index (κ1) is 17.7. The predicted molar refractivity (Wildman–Crippen MR) is 96.2 cm³/mol. The van der Waals surface area contributed by atoms with Crippen LogP contribution >= 0.6 is 0 Å². The SMILES string of the molecule is CCn1ccc(CNC(=O)c2ccc(COc3ccc(F)cc3)cc2)n1. The zero-order chi connectivity index (χ0) is 18.4. The van der Waals surface area contributed by atoms with Crippen molar-refractivity contribution in [1.82, 2.24) is 15.1 Å². The van der Waals surface area contributed by atoms with E-state index in [0.29, 0.717) is 24.5 Å². The molecule has 1 aromatic heterocycles. The molecule has 2 aromatic carbocycles. The highest BCUT2D eigenvalue weighted by Gasteiger charge is 2.07. The van der Waals surface area contributed by atoms with Crippen molar-refractivity contribution in [3.63, 3.8) is 0 Å². The molecular formula is C20H20FN3O2. The molecule has 6 heteroatoms. The summed E-state index contributed by atoms with van der Waals surface area (Å²) < 4.78 is 20.3. The van der Waals surface area contributed by atoms with Crippen molar-refractivity contribution >= 4 is 5.91 Å². The zero-order valence-corrected chi connectivity index (χ0v) is 14.5. The number of rotatable bonds is 7. The summed E-state index contributed by atoms with van der Waals surface area (Å²) in [5.74, 6) is 0.149. The van der Waals surface area contributed by atoms with Crippen LogP contribution in [-0.2, 0) is 19.7 Å². The van der Waals surface area contributed by atoms with Gasteiger partial charge in [0, 0.05) is 18.3 Å². The largest absolute Gasteiger partial charge is 0.489 e. The Bertz CT molecular complexity index is 858. The van der Waals surface area contributed by atoms with Gasteiger partial charge in [-0.05, 0) is 55.0 Å². The summed E-state index contributed by atoms with van der Waals surface area (Å²) in [7, 11) is 0. The molecule has 0 aliphatic carbocycles. The lowest BCUT2D eigenvalue weighted by Crippen LogP contribution is -2.23. The lowest BCUT2D eigenvalue weighted by molar-refractivity contribution is 0.0950. The molecule has 0 saturated carbocycles. The van der Waals surface area contributed by atoms with E-state index in [4.69, 9.17) is 4.74 Å². The minimum atomic E-state index is -0.297. The molecule has 0 bridgehead atoms. The van der Waals surface area contributed by atoms with E-state index in [2.05, 4.69) is 10.4 Å². The highest BCUT2D eigenvalue weighted by Crippen LogP contribution is 2.14. The summed E-state index contributed by atoms with van der Waals surface area (Å²) in [6.45, 7) is 3.55. The van der Waals surface area contributed by atoms with Gasteiger partial charge >= 0.3 is 0 Å². The Morgan fingerprint density at radius 2 is 1.85 bits per heavy atom. The number of carbonyl (C=O) groups is 1. The minimum absolute atomic E-state index is 0.151. The van der Waals surface area contributed by atoms with E-state index in [0.717, 1.165) is 17.8 Å². The van der Waals surface area contributed by atoms with Crippen LogP contribution in [0.2, 0.25) is 0 Å². The summed E-state index contributed by atoms with van der Waals surface area (Å²) in [5, 5.41) is 7.18. The van der Waals surface area contributed by atoms with Crippen molar-refractivity contribution in [2.24, 2.45) is 0 Å². The van der Waals surface area contributed by atoms with Crippen LogP contribution in [0.1, 0.15) is 28.5 Å². The average molecular weight is 353 g/mol. The fourth-order valence-electron chi connectivity index (χ4n) is 2.40. The van der Waals surface area contributed by atoms with Crippen molar-refractivity contribution in [3.8, 4) is 5.75 Å². The van der Waals surface area contributed by atoms with E-state index in [9.17, 15) is 9.18 Å². The molecule has 1 heterocycles. The number of halogens is 1. The van der Waals surface area contributed by atoms with Crippen LogP contribution in [0.15, 0.2) is 60.8 Å². The summed E-state index contributed by atoms with van der Waals surface area (Å²) in [6, 6.07) is 14.9. The normalized spacial score (nSPS) is 10.5. The Balaban J connectivity index is 1.51. The molecular weight excluding hydrogens is 333 g/mol. The average Bonchev–Trinajstić information content (AvgIpc) is 3.14. The smallest absolute Gasteiger partial charge is 0.251 e. The molecule has 0 atom stereocenters. The van der Waals surface area contributed by atoms with Gasteiger partial charge in [-0.2, -0.15) is 5.10 Å². The van der Waals surface area contributed by atoms with E-state index in [1.54, 1.807) is 24.3 Å². The molecule has 1 amide bonds. The molecule has 0 aliphatic rings. The molecule has 0 spiro atoms. The molecule has 0 radical (unpaired) electrons. The van der Waals surface area contributed by atoms with Crippen LogP contribution in [0.5, 0.6) is 5.75 Å². The van der Waals surface area contributed by atoms with Crippen LogP contribution in [0, 0.1) is 5.82 Å². The number of aryl methyl sites for hydroxylation is 1. The van der Waals surface area contributed by atoms with E-state index < -0.39 is 0 Å². The summed E-state index contributed by atoms with van der Waals surface area (Å²) in [5.41, 5.74) is 2.32. The lowest BCUT2D eigenvalue weighted by Gasteiger charge is -2.07. The van der Waals surface area contributed by atoms with Gasteiger partial charge in [-0.15, -0.1) is 0 Å². The standard InChI is InChI=1S/C20H20FN3O2/c1-2-24-12-11-18(23-24)13-22-20(25)16-5-3-15(4-6-16)14-26-19-9-7-17(21)8-10-19/h3-12H,2,13-14H2,1H3,(H,22,25). The topological polar surface area (TPSA) is 56.2 Å². The Hall–Kier alpha value is -3.15. The van der Waals surface area contributed by atoms with Crippen molar-refractivity contribution in [3.05, 3.63) is 83.4 Å². The second-order valence-electron chi connectivity index (χ2n) is 5.78. The second kappa shape index (κ2) is 8.29. The van der Waals surface area contributed by atoms with E-state index in [-0.39, 0.29) is 11.7 Å². The molecule has 0 saturated heterocycles. The number of ether oxygens (including phenoxy) is 1. The second-order valence-corrected chi connectivity index (χ2v) is 5.78. The van der Waals surface area contributed by atoms with Crippen molar-refractivity contribution in [2.45, 2.75) is 26.6 Å². The molecule has 26 heavy (non-hydrogen) atoms. The van der Waals surface area contributed by atoms with Gasteiger partial charge in [0.05, 0.1) is 12.2 Å². The number of aromatic nitrogens is 2. The molecule has 5 nitrogen and oxygen atoms in total. The molecule has 134 valence electrons. The molecule has 0 unspecified atom stereocenters. The predicted octanol–water partition coefficient (Wildman–Crippen LogP) is 3.55. The number of hydrogen-bond acceptors (Lipinski definition) is 3. The summed E-state index contributed by atoms with van der Waals surface area (Å²) in [6.07, 6.45) is 1.89. The third-order valence-electron chi connectivity index (χ3n) is 3.89. The number of nitrogens with zero attached hydrogens (tertiary/aromatic N) is 2. The number of carbonyl (C=O) groups excluding carboxylic acids is 1. The van der Waals surface area contributed by atoms with Crippen molar-refractivity contribution < 1.29 is 13.9 Å². The monoisotopic (exact) mass is 353 g/mol. The molecule has 3 aromatic rings. The Labute approximate surface area is 151 Å². The van der Waals surface area contributed by atoms with Gasteiger partial charge in [0.15, 0.2) is 0 Å². The molecule has 3 rings (SSSR count). The van der Waals surface area contributed by atoms with Gasteiger partial charge in [-0.3, -0.25) is 9.48 Å². The maximum atomic E-state index is 12.9. The third kappa shape index (κ3) is 4.69. The Morgan fingerprint density at radius 3 is 2.50 bits per heavy atom. The highest BCUT2D eigenvalue weighted by atomic mass is 19.1. The third-order valence-corrected chi connectivity index (χ3v) is 3.89. The minimum Gasteiger partial charge on any atom is -0.489 e. The van der Waals surface area contributed by atoms with Gasteiger partial charge in [-0.1, -0.05) is 12.1 Å². The Kier molecular flexibility index (Phi) is 5.63. The Morgan fingerprint density at radius 1 is 1.12 bits per heavy atom. The number of benzene rings is 2. The van der Waals surface area contributed by atoms with Crippen LogP contribution < -0.4 is 10.1 Å². The number of amides is 1. The molecule has 0 fully saturated rings. The lowest BCUT2D eigenvalue weighted by atomic mass is 10.1. The van der Waals surface area contributed by atoms with Crippen LogP contribution in [0.3, 0.4) is 0 Å². The number of hydrogen-bond donors (Lipinski definition) is 1. The fraction of sp³-hybridized carbons (Fsp3) is 0.200. The van der Waals surface area contributed by atoms with E-state index in [1.165, 1.54) is 12.1 Å². The van der Waals surface area contributed by atoms with Gasteiger partial charge < -0.3 is 10.1 Å². The van der Waals surface area contributed by atoms with Crippen LogP contribution in [0.25, 0.3) is 0 Å². The van der Waals surface area contributed by atoms with Gasteiger partial charge in [0.1, 0.15) is 18.2 Å². The quantitative estimate of drug-likeness (QED) is 0.707. The maximum absolute atomic E-state index is 12.9.